The first kappa shape index (κ1) is 16.5. The summed E-state index contributed by atoms with van der Waals surface area (Å²) in [5, 5.41) is 2.07. The number of hydrogen-bond acceptors (Lipinski definition) is 2. The molecular formula is C22H17FN2S. The fourth-order valence-corrected chi connectivity index (χ4v) is 3.76. The summed E-state index contributed by atoms with van der Waals surface area (Å²) in [4.78, 5) is 5.69. The minimum Gasteiger partial charge on any atom is -0.285 e. The number of thiazole rings is 1. The van der Waals surface area contributed by atoms with Gasteiger partial charge in [0.2, 0.25) is 0 Å². The highest BCUT2D eigenvalue weighted by molar-refractivity contribution is 7.07. The van der Waals surface area contributed by atoms with Gasteiger partial charge in [0, 0.05) is 11.1 Å². The van der Waals surface area contributed by atoms with Crippen molar-refractivity contribution in [2.24, 2.45) is 4.99 Å². The molecule has 2 nitrogen and oxygen atoms in total. The molecule has 1 heterocycles. The summed E-state index contributed by atoms with van der Waals surface area (Å²) in [7, 11) is 0. The van der Waals surface area contributed by atoms with Crippen molar-refractivity contribution in [1.82, 2.24) is 4.57 Å². The maximum atomic E-state index is 13.7. The van der Waals surface area contributed by atoms with Gasteiger partial charge in [0.25, 0.3) is 0 Å². The van der Waals surface area contributed by atoms with Gasteiger partial charge in [0.05, 0.1) is 11.4 Å². The lowest BCUT2D eigenvalue weighted by Gasteiger charge is -2.10. The van der Waals surface area contributed by atoms with E-state index in [2.05, 4.69) is 22.1 Å². The number of halogens is 1. The molecule has 0 atom stereocenters. The average molecular weight is 360 g/mol. The van der Waals surface area contributed by atoms with Gasteiger partial charge in [-0.25, -0.2) is 9.38 Å². The van der Waals surface area contributed by atoms with E-state index in [1.807, 2.05) is 60.7 Å². The third-order valence-electron chi connectivity index (χ3n) is 4.16. The van der Waals surface area contributed by atoms with E-state index >= 15 is 0 Å². The Morgan fingerprint density at radius 3 is 2.27 bits per heavy atom. The van der Waals surface area contributed by atoms with Gasteiger partial charge < -0.3 is 0 Å². The van der Waals surface area contributed by atoms with Crippen molar-refractivity contribution < 1.29 is 4.39 Å². The quantitative estimate of drug-likeness (QED) is 0.434. The van der Waals surface area contributed by atoms with Gasteiger partial charge in [-0.1, -0.05) is 36.4 Å². The van der Waals surface area contributed by atoms with Gasteiger partial charge in [-0.15, -0.1) is 11.3 Å². The molecule has 4 rings (SSSR count). The summed E-state index contributed by atoms with van der Waals surface area (Å²) >= 11 is 1.57. The van der Waals surface area contributed by atoms with Gasteiger partial charge in [-0.3, -0.25) is 4.57 Å². The molecule has 0 N–H and O–H groups in total. The van der Waals surface area contributed by atoms with Crippen molar-refractivity contribution >= 4 is 17.0 Å². The lowest BCUT2D eigenvalue weighted by molar-refractivity contribution is 0.618. The Morgan fingerprint density at radius 2 is 1.58 bits per heavy atom. The number of rotatable bonds is 3. The number of hydrogen-bond donors (Lipinski definition) is 0. The van der Waals surface area contributed by atoms with E-state index < -0.39 is 0 Å². The summed E-state index contributed by atoms with van der Waals surface area (Å²) in [5.41, 5.74) is 4.54. The zero-order valence-electron chi connectivity index (χ0n) is 14.3. The highest BCUT2D eigenvalue weighted by Gasteiger charge is 2.11. The van der Waals surface area contributed by atoms with Crippen molar-refractivity contribution in [3.63, 3.8) is 0 Å². The SMILES string of the molecule is Cc1cc(-c2csc(=Nc3ccccc3)n2-c2ccccc2)ccc1F. The van der Waals surface area contributed by atoms with Crippen LogP contribution in [0.3, 0.4) is 0 Å². The molecule has 0 unspecified atom stereocenters. The van der Waals surface area contributed by atoms with Crippen molar-refractivity contribution in [1.29, 1.82) is 0 Å². The normalized spacial score (nSPS) is 11.7. The van der Waals surface area contributed by atoms with Crippen LogP contribution in [0.4, 0.5) is 10.1 Å². The van der Waals surface area contributed by atoms with Crippen molar-refractivity contribution in [3.05, 3.63) is 100 Å². The Kier molecular flexibility index (Phi) is 4.50. The van der Waals surface area contributed by atoms with E-state index in [1.165, 1.54) is 6.07 Å². The molecule has 128 valence electrons. The second-order valence-corrected chi connectivity index (χ2v) is 6.82. The number of aryl methyl sites for hydroxylation is 1. The van der Waals surface area contributed by atoms with Gasteiger partial charge in [0.15, 0.2) is 4.80 Å². The van der Waals surface area contributed by atoms with Crippen LogP contribution in [0.2, 0.25) is 0 Å². The minimum absolute atomic E-state index is 0.190. The molecular weight excluding hydrogens is 343 g/mol. The van der Waals surface area contributed by atoms with Crippen molar-refractivity contribution in [2.45, 2.75) is 6.92 Å². The van der Waals surface area contributed by atoms with E-state index in [0.717, 1.165) is 27.4 Å². The first-order valence-corrected chi connectivity index (χ1v) is 9.22. The smallest absolute Gasteiger partial charge is 0.195 e. The molecule has 0 radical (unpaired) electrons. The molecule has 4 heteroatoms. The highest BCUT2D eigenvalue weighted by Crippen LogP contribution is 2.25. The van der Waals surface area contributed by atoms with E-state index in [1.54, 1.807) is 18.3 Å². The van der Waals surface area contributed by atoms with Crippen LogP contribution in [0.1, 0.15) is 5.56 Å². The molecule has 0 aliphatic carbocycles. The third-order valence-corrected chi connectivity index (χ3v) is 4.98. The first-order chi connectivity index (χ1) is 12.7. The molecule has 0 saturated heterocycles. The summed E-state index contributed by atoms with van der Waals surface area (Å²) < 4.78 is 15.8. The zero-order chi connectivity index (χ0) is 17.9. The lowest BCUT2D eigenvalue weighted by atomic mass is 10.1. The molecule has 4 aromatic rings. The summed E-state index contributed by atoms with van der Waals surface area (Å²) in [6.07, 6.45) is 0. The number of aromatic nitrogens is 1. The fraction of sp³-hybridized carbons (Fsp3) is 0.0455. The van der Waals surface area contributed by atoms with Crippen molar-refractivity contribution in [2.75, 3.05) is 0 Å². The van der Waals surface area contributed by atoms with Gasteiger partial charge in [0.1, 0.15) is 5.82 Å². The molecule has 1 aromatic heterocycles. The Bertz CT molecular complexity index is 1100. The molecule has 0 bridgehead atoms. The molecule has 0 aliphatic heterocycles. The standard InChI is InChI=1S/C22H17FN2S/c1-16-14-17(12-13-20(16)23)21-15-26-22(24-18-8-4-2-5-9-18)25(21)19-10-6-3-7-11-19/h2-15H,1H3. The number of benzene rings is 3. The molecule has 0 fully saturated rings. The Labute approximate surface area is 155 Å². The Morgan fingerprint density at radius 1 is 0.885 bits per heavy atom. The van der Waals surface area contributed by atoms with Crippen LogP contribution in [0, 0.1) is 12.7 Å². The first-order valence-electron chi connectivity index (χ1n) is 8.34. The molecule has 26 heavy (non-hydrogen) atoms. The van der Waals surface area contributed by atoms with Crippen LogP contribution in [0.5, 0.6) is 0 Å². The van der Waals surface area contributed by atoms with Crippen LogP contribution >= 0.6 is 11.3 Å². The molecule has 0 spiro atoms. The molecule has 0 amide bonds. The zero-order valence-corrected chi connectivity index (χ0v) is 15.1. The maximum Gasteiger partial charge on any atom is 0.195 e. The third kappa shape index (κ3) is 3.24. The van der Waals surface area contributed by atoms with Gasteiger partial charge in [-0.2, -0.15) is 0 Å². The van der Waals surface area contributed by atoms with E-state index in [-0.39, 0.29) is 5.82 Å². The average Bonchev–Trinajstić information content (AvgIpc) is 3.09. The fourth-order valence-electron chi connectivity index (χ4n) is 2.83. The van der Waals surface area contributed by atoms with Gasteiger partial charge in [-0.05, 0) is 60.5 Å². The highest BCUT2D eigenvalue weighted by atomic mass is 32.1. The van der Waals surface area contributed by atoms with Crippen LogP contribution in [-0.4, -0.2) is 4.57 Å². The predicted octanol–water partition coefficient (Wildman–Crippen LogP) is 5.89. The largest absolute Gasteiger partial charge is 0.285 e. The number of para-hydroxylation sites is 2. The molecule has 3 aromatic carbocycles. The van der Waals surface area contributed by atoms with Crippen molar-refractivity contribution in [3.8, 4) is 16.9 Å². The second kappa shape index (κ2) is 7.10. The van der Waals surface area contributed by atoms with Crippen LogP contribution in [0.25, 0.3) is 16.9 Å². The Hall–Kier alpha value is -2.98. The summed E-state index contributed by atoms with van der Waals surface area (Å²) in [6.45, 7) is 1.79. The maximum absolute atomic E-state index is 13.7. The summed E-state index contributed by atoms with van der Waals surface area (Å²) in [6, 6.07) is 25.2. The van der Waals surface area contributed by atoms with Crippen LogP contribution < -0.4 is 4.80 Å². The molecule has 0 aliphatic rings. The van der Waals surface area contributed by atoms with E-state index in [4.69, 9.17) is 4.99 Å². The van der Waals surface area contributed by atoms with Crippen LogP contribution in [0.15, 0.2) is 89.2 Å². The summed E-state index contributed by atoms with van der Waals surface area (Å²) in [5.74, 6) is -0.190. The lowest BCUT2D eigenvalue weighted by Crippen LogP contribution is -2.13. The predicted molar refractivity (Wildman–Crippen MR) is 105 cm³/mol. The molecule has 0 saturated carbocycles. The topological polar surface area (TPSA) is 17.3 Å². The van der Waals surface area contributed by atoms with E-state index in [9.17, 15) is 4.39 Å². The monoisotopic (exact) mass is 360 g/mol. The van der Waals surface area contributed by atoms with Crippen LogP contribution in [-0.2, 0) is 0 Å². The number of nitrogens with zero attached hydrogens (tertiary/aromatic N) is 2. The Balaban J connectivity index is 1.96. The minimum atomic E-state index is -0.190. The van der Waals surface area contributed by atoms with E-state index in [0.29, 0.717) is 5.56 Å². The van der Waals surface area contributed by atoms with Gasteiger partial charge >= 0.3 is 0 Å². The second-order valence-electron chi connectivity index (χ2n) is 5.99.